The molecule has 0 aliphatic heterocycles. The van der Waals surface area contributed by atoms with Gasteiger partial charge in [0.05, 0.1) is 12.8 Å². The smallest absolute Gasteiger partial charge is 0.304 e. The maximum atomic E-state index is 11.0. The summed E-state index contributed by atoms with van der Waals surface area (Å²) in [6.45, 7) is 0. The number of thiazole rings is 1. The van der Waals surface area contributed by atoms with E-state index in [1.807, 2.05) is 24.3 Å². The van der Waals surface area contributed by atoms with Gasteiger partial charge >= 0.3 is 4.87 Å². The van der Waals surface area contributed by atoms with Crippen LogP contribution in [-0.4, -0.2) is 12.1 Å². The van der Waals surface area contributed by atoms with Crippen LogP contribution in [0.3, 0.4) is 0 Å². The van der Waals surface area contributed by atoms with Crippen LogP contribution in [0.5, 0.6) is 5.75 Å². The third-order valence-electron chi connectivity index (χ3n) is 1.92. The van der Waals surface area contributed by atoms with E-state index < -0.39 is 0 Å². The lowest BCUT2D eigenvalue weighted by Crippen LogP contribution is -1.93. The van der Waals surface area contributed by atoms with Gasteiger partial charge in [0.2, 0.25) is 0 Å². The number of rotatable bonds is 2. The SMILES string of the molecule is COc1ccccc1-c1csc(=O)[nH]1. The van der Waals surface area contributed by atoms with Crippen molar-refractivity contribution in [2.24, 2.45) is 0 Å². The van der Waals surface area contributed by atoms with Gasteiger partial charge in [0.25, 0.3) is 0 Å². The molecule has 0 aliphatic carbocycles. The molecule has 0 radical (unpaired) electrons. The van der Waals surface area contributed by atoms with Gasteiger partial charge in [0.15, 0.2) is 0 Å². The first-order chi connectivity index (χ1) is 6.81. The van der Waals surface area contributed by atoms with Gasteiger partial charge in [-0.1, -0.05) is 23.5 Å². The van der Waals surface area contributed by atoms with Crippen molar-refractivity contribution in [1.82, 2.24) is 4.98 Å². The second-order valence-electron chi connectivity index (χ2n) is 2.76. The van der Waals surface area contributed by atoms with Gasteiger partial charge in [-0.25, -0.2) is 0 Å². The van der Waals surface area contributed by atoms with Gasteiger partial charge in [0.1, 0.15) is 5.75 Å². The van der Waals surface area contributed by atoms with Gasteiger partial charge < -0.3 is 9.72 Å². The van der Waals surface area contributed by atoms with Crippen LogP contribution >= 0.6 is 11.3 Å². The highest BCUT2D eigenvalue weighted by molar-refractivity contribution is 7.07. The summed E-state index contributed by atoms with van der Waals surface area (Å²) in [5.74, 6) is 0.765. The van der Waals surface area contributed by atoms with E-state index in [2.05, 4.69) is 4.98 Å². The summed E-state index contributed by atoms with van der Waals surface area (Å²) in [6.07, 6.45) is 0. The van der Waals surface area contributed by atoms with Crippen LogP contribution in [0.2, 0.25) is 0 Å². The number of nitrogens with one attached hydrogen (secondary N) is 1. The van der Waals surface area contributed by atoms with E-state index in [1.165, 1.54) is 0 Å². The topological polar surface area (TPSA) is 42.1 Å². The Morgan fingerprint density at radius 1 is 1.36 bits per heavy atom. The van der Waals surface area contributed by atoms with Crippen LogP contribution in [0.15, 0.2) is 34.4 Å². The standard InChI is InChI=1S/C10H9NO2S/c1-13-9-5-3-2-4-7(9)8-6-14-10(12)11-8/h2-6H,1H3,(H,11,12). The van der Waals surface area contributed by atoms with E-state index in [9.17, 15) is 4.79 Å². The molecule has 0 saturated heterocycles. The minimum Gasteiger partial charge on any atom is -0.496 e. The van der Waals surface area contributed by atoms with Gasteiger partial charge in [-0.15, -0.1) is 0 Å². The highest BCUT2D eigenvalue weighted by Gasteiger charge is 2.05. The van der Waals surface area contributed by atoms with Gasteiger partial charge in [-0.2, -0.15) is 0 Å². The molecule has 0 atom stereocenters. The Morgan fingerprint density at radius 2 is 2.14 bits per heavy atom. The molecule has 0 bridgehead atoms. The largest absolute Gasteiger partial charge is 0.496 e. The Hall–Kier alpha value is -1.55. The predicted octanol–water partition coefficient (Wildman–Crippen LogP) is 2.11. The maximum absolute atomic E-state index is 11.0. The number of hydrogen-bond donors (Lipinski definition) is 1. The molecule has 0 amide bonds. The fourth-order valence-electron chi connectivity index (χ4n) is 1.28. The molecule has 1 N–H and O–H groups in total. The molecule has 72 valence electrons. The predicted molar refractivity (Wildman–Crippen MR) is 56.9 cm³/mol. The van der Waals surface area contributed by atoms with Crippen molar-refractivity contribution in [3.8, 4) is 17.0 Å². The lowest BCUT2D eigenvalue weighted by atomic mass is 10.1. The second-order valence-corrected chi connectivity index (χ2v) is 3.60. The van der Waals surface area contributed by atoms with Crippen LogP contribution < -0.4 is 9.61 Å². The summed E-state index contributed by atoms with van der Waals surface area (Å²) >= 11 is 1.15. The zero-order valence-electron chi connectivity index (χ0n) is 7.61. The molecule has 3 nitrogen and oxygen atoms in total. The molecule has 0 unspecified atom stereocenters. The zero-order chi connectivity index (χ0) is 9.97. The number of H-pyrrole nitrogens is 1. The lowest BCUT2D eigenvalue weighted by molar-refractivity contribution is 0.416. The third kappa shape index (κ3) is 1.56. The summed E-state index contributed by atoms with van der Waals surface area (Å²) in [4.78, 5) is 13.7. The molecule has 1 aromatic heterocycles. The van der Waals surface area contributed by atoms with Crippen LogP contribution in [0.25, 0.3) is 11.3 Å². The van der Waals surface area contributed by atoms with Crippen LogP contribution in [0, 0.1) is 0 Å². The summed E-state index contributed by atoms with van der Waals surface area (Å²) in [7, 11) is 1.61. The number of methoxy groups -OCH3 is 1. The fourth-order valence-corrected chi connectivity index (χ4v) is 1.86. The van der Waals surface area contributed by atoms with Gasteiger partial charge in [-0.3, -0.25) is 4.79 Å². The molecule has 1 heterocycles. The summed E-state index contributed by atoms with van der Waals surface area (Å²) in [6, 6.07) is 7.59. The molecule has 0 aliphatic rings. The molecule has 2 rings (SSSR count). The van der Waals surface area contributed by atoms with Crippen molar-refractivity contribution < 1.29 is 4.74 Å². The number of ether oxygens (including phenoxy) is 1. The van der Waals surface area contributed by atoms with E-state index >= 15 is 0 Å². The van der Waals surface area contributed by atoms with E-state index in [4.69, 9.17) is 4.74 Å². The quantitative estimate of drug-likeness (QED) is 0.819. The maximum Gasteiger partial charge on any atom is 0.304 e. The molecular weight excluding hydrogens is 198 g/mol. The molecule has 4 heteroatoms. The van der Waals surface area contributed by atoms with Gasteiger partial charge in [0, 0.05) is 10.9 Å². The van der Waals surface area contributed by atoms with E-state index in [0.29, 0.717) is 0 Å². The minimum atomic E-state index is -0.0501. The summed E-state index contributed by atoms with van der Waals surface area (Å²) in [5.41, 5.74) is 1.71. The van der Waals surface area contributed by atoms with Crippen molar-refractivity contribution >= 4 is 11.3 Å². The van der Waals surface area contributed by atoms with Crippen LogP contribution in [-0.2, 0) is 0 Å². The molecule has 0 saturated carbocycles. The number of aromatic nitrogens is 1. The van der Waals surface area contributed by atoms with E-state index in [0.717, 1.165) is 28.3 Å². The first kappa shape index (κ1) is 9.02. The van der Waals surface area contributed by atoms with E-state index in [1.54, 1.807) is 12.5 Å². The summed E-state index contributed by atoms with van der Waals surface area (Å²) in [5, 5.41) is 1.79. The molecule has 14 heavy (non-hydrogen) atoms. The monoisotopic (exact) mass is 207 g/mol. The highest BCUT2D eigenvalue weighted by atomic mass is 32.1. The van der Waals surface area contributed by atoms with Crippen LogP contribution in [0.4, 0.5) is 0 Å². The van der Waals surface area contributed by atoms with Crippen molar-refractivity contribution in [2.45, 2.75) is 0 Å². The first-order valence-corrected chi connectivity index (χ1v) is 5.00. The van der Waals surface area contributed by atoms with Crippen molar-refractivity contribution in [1.29, 1.82) is 0 Å². The highest BCUT2D eigenvalue weighted by Crippen LogP contribution is 2.27. The van der Waals surface area contributed by atoms with Crippen LogP contribution in [0.1, 0.15) is 0 Å². The minimum absolute atomic E-state index is 0.0501. The number of benzene rings is 1. The molecule has 0 spiro atoms. The number of hydrogen-bond acceptors (Lipinski definition) is 3. The Balaban J connectivity index is 2.55. The first-order valence-electron chi connectivity index (χ1n) is 4.12. The lowest BCUT2D eigenvalue weighted by Gasteiger charge is -2.04. The molecule has 1 aromatic carbocycles. The molecule has 0 fully saturated rings. The molecular formula is C10H9NO2S. The Kier molecular flexibility index (Phi) is 2.37. The zero-order valence-corrected chi connectivity index (χ0v) is 8.43. The van der Waals surface area contributed by atoms with Crippen molar-refractivity contribution in [2.75, 3.05) is 7.11 Å². The Labute approximate surface area is 85.0 Å². The number of aromatic amines is 1. The molecule has 2 aromatic rings. The Morgan fingerprint density at radius 3 is 2.79 bits per heavy atom. The third-order valence-corrected chi connectivity index (χ3v) is 2.59. The average Bonchev–Trinajstić information content (AvgIpc) is 2.65. The summed E-state index contributed by atoms with van der Waals surface area (Å²) < 4.78 is 5.19. The van der Waals surface area contributed by atoms with Crippen molar-refractivity contribution in [3.05, 3.63) is 39.3 Å². The normalized spacial score (nSPS) is 10.1. The Bertz CT molecular complexity index is 487. The number of para-hydroxylation sites is 1. The van der Waals surface area contributed by atoms with Gasteiger partial charge in [-0.05, 0) is 12.1 Å². The average molecular weight is 207 g/mol. The fraction of sp³-hybridized carbons (Fsp3) is 0.100. The van der Waals surface area contributed by atoms with Crippen molar-refractivity contribution in [3.63, 3.8) is 0 Å². The van der Waals surface area contributed by atoms with E-state index in [-0.39, 0.29) is 4.87 Å². The second kappa shape index (κ2) is 3.67.